The highest BCUT2D eigenvalue weighted by molar-refractivity contribution is 7.95. The zero-order chi connectivity index (χ0) is 13.2. The van der Waals surface area contributed by atoms with E-state index in [4.69, 9.17) is 0 Å². The van der Waals surface area contributed by atoms with Gasteiger partial charge in [0.25, 0.3) is 0 Å². The van der Waals surface area contributed by atoms with Gasteiger partial charge in [-0.05, 0) is 31.4 Å². The van der Waals surface area contributed by atoms with Crippen molar-refractivity contribution in [2.45, 2.75) is 37.2 Å². The maximum absolute atomic E-state index is 12.5. The fourth-order valence-corrected chi connectivity index (χ4v) is 4.06. The standard InChI is InChI=1S/C14H18O3S/c1-11-13(15)9-5-6-10-14(11)18(16,17)12-7-3-2-4-8-12/h2-4,7-8,10-11,13,15H,5-6,9H2,1H3/t11-,13+/m0/s1. The highest BCUT2D eigenvalue weighted by atomic mass is 32.2. The molecule has 0 radical (unpaired) electrons. The Hall–Kier alpha value is -1.13. The molecule has 0 fully saturated rings. The summed E-state index contributed by atoms with van der Waals surface area (Å²) < 4.78 is 25.0. The van der Waals surface area contributed by atoms with E-state index in [-0.39, 0.29) is 5.92 Å². The number of rotatable bonds is 2. The molecule has 1 aliphatic carbocycles. The number of aliphatic hydroxyl groups is 1. The van der Waals surface area contributed by atoms with E-state index < -0.39 is 15.9 Å². The molecule has 1 aliphatic rings. The Bertz CT molecular complexity index is 531. The van der Waals surface area contributed by atoms with E-state index in [1.807, 2.05) is 0 Å². The molecule has 0 amide bonds. The van der Waals surface area contributed by atoms with E-state index in [9.17, 15) is 13.5 Å². The molecule has 0 aliphatic heterocycles. The Morgan fingerprint density at radius 1 is 1.22 bits per heavy atom. The predicted molar refractivity (Wildman–Crippen MR) is 70.7 cm³/mol. The zero-order valence-corrected chi connectivity index (χ0v) is 11.2. The van der Waals surface area contributed by atoms with E-state index in [1.165, 1.54) is 0 Å². The van der Waals surface area contributed by atoms with Gasteiger partial charge in [0.05, 0.1) is 15.9 Å². The summed E-state index contributed by atoms with van der Waals surface area (Å²) in [4.78, 5) is 0.663. The molecule has 0 unspecified atom stereocenters. The number of hydrogen-bond donors (Lipinski definition) is 1. The Labute approximate surface area is 108 Å². The third kappa shape index (κ3) is 2.49. The summed E-state index contributed by atoms with van der Waals surface area (Å²) in [5.41, 5.74) is 0. The normalized spacial score (nSPS) is 25.3. The van der Waals surface area contributed by atoms with Crippen LogP contribution in [0.25, 0.3) is 0 Å². The molecule has 2 rings (SSSR count). The summed E-state index contributed by atoms with van der Waals surface area (Å²) in [5, 5.41) is 9.93. The average Bonchev–Trinajstić information content (AvgIpc) is 2.54. The van der Waals surface area contributed by atoms with Crippen molar-refractivity contribution in [3.05, 3.63) is 41.3 Å². The van der Waals surface area contributed by atoms with E-state index in [0.29, 0.717) is 22.6 Å². The summed E-state index contributed by atoms with van der Waals surface area (Å²) in [5.74, 6) is -0.335. The SMILES string of the molecule is C[C@@H]1C(S(=O)(=O)c2ccccc2)=CCCC[C@H]1O. The van der Waals surface area contributed by atoms with E-state index in [1.54, 1.807) is 43.3 Å². The van der Waals surface area contributed by atoms with Crippen LogP contribution in [0, 0.1) is 5.92 Å². The maximum Gasteiger partial charge on any atom is 0.202 e. The highest BCUT2D eigenvalue weighted by Crippen LogP contribution is 2.31. The van der Waals surface area contributed by atoms with Gasteiger partial charge in [0.1, 0.15) is 0 Å². The van der Waals surface area contributed by atoms with Crippen LogP contribution in [0.1, 0.15) is 26.2 Å². The third-order valence-corrected chi connectivity index (χ3v) is 5.49. The first-order valence-corrected chi connectivity index (χ1v) is 7.70. The average molecular weight is 266 g/mol. The number of sulfone groups is 1. The molecule has 0 spiro atoms. The van der Waals surface area contributed by atoms with Crippen LogP contribution in [-0.2, 0) is 9.84 Å². The Morgan fingerprint density at radius 3 is 2.56 bits per heavy atom. The minimum atomic E-state index is -3.47. The second-order valence-corrected chi connectivity index (χ2v) is 6.66. The van der Waals surface area contributed by atoms with Crippen LogP contribution in [0.4, 0.5) is 0 Å². The molecule has 98 valence electrons. The fourth-order valence-electron chi connectivity index (χ4n) is 2.29. The quantitative estimate of drug-likeness (QED) is 0.895. The summed E-state index contributed by atoms with van der Waals surface area (Å²) in [7, 11) is -3.47. The zero-order valence-electron chi connectivity index (χ0n) is 10.4. The largest absolute Gasteiger partial charge is 0.392 e. The number of benzene rings is 1. The smallest absolute Gasteiger partial charge is 0.202 e. The number of hydrogen-bond acceptors (Lipinski definition) is 3. The second-order valence-electron chi connectivity index (χ2n) is 4.71. The monoisotopic (exact) mass is 266 g/mol. The molecule has 0 bridgehead atoms. The first kappa shape index (κ1) is 13.3. The summed E-state index contributed by atoms with van der Waals surface area (Å²) in [6, 6.07) is 8.41. The van der Waals surface area contributed by atoms with Gasteiger partial charge < -0.3 is 5.11 Å². The van der Waals surface area contributed by atoms with Crippen LogP contribution >= 0.6 is 0 Å². The molecule has 1 N–H and O–H groups in total. The summed E-state index contributed by atoms with van der Waals surface area (Å²) in [6.07, 6.45) is 3.40. The lowest BCUT2D eigenvalue weighted by molar-refractivity contribution is 0.127. The first-order chi connectivity index (χ1) is 8.53. The molecule has 2 atom stereocenters. The van der Waals surface area contributed by atoms with Gasteiger partial charge >= 0.3 is 0 Å². The van der Waals surface area contributed by atoms with Crippen molar-refractivity contribution in [3.8, 4) is 0 Å². The lowest BCUT2D eigenvalue weighted by Gasteiger charge is -2.19. The van der Waals surface area contributed by atoms with Crippen LogP contribution in [0.2, 0.25) is 0 Å². The molecule has 0 saturated heterocycles. The molecule has 0 saturated carbocycles. The maximum atomic E-state index is 12.5. The third-order valence-electron chi connectivity index (χ3n) is 3.44. The molecular formula is C14H18O3S. The van der Waals surface area contributed by atoms with Crippen molar-refractivity contribution in [2.24, 2.45) is 5.92 Å². The van der Waals surface area contributed by atoms with Gasteiger partial charge in [-0.15, -0.1) is 0 Å². The van der Waals surface area contributed by atoms with E-state index in [2.05, 4.69) is 0 Å². The van der Waals surface area contributed by atoms with Crippen molar-refractivity contribution in [1.82, 2.24) is 0 Å². The summed E-state index contributed by atoms with van der Waals surface area (Å²) in [6.45, 7) is 1.78. The van der Waals surface area contributed by atoms with Gasteiger partial charge in [-0.1, -0.05) is 31.2 Å². The van der Waals surface area contributed by atoms with Crippen LogP contribution in [0.3, 0.4) is 0 Å². The number of allylic oxidation sites excluding steroid dienone is 1. The fraction of sp³-hybridized carbons (Fsp3) is 0.429. The van der Waals surface area contributed by atoms with Crippen molar-refractivity contribution in [2.75, 3.05) is 0 Å². The lowest BCUT2D eigenvalue weighted by atomic mass is 10.0. The molecule has 1 aromatic rings. The minimum absolute atomic E-state index is 0.303. The lowest BCUT2D eigenvalue weighted by Crippen LogP contribution is -2.22. The van der Waals surface area contributed by atoms with Crippen LogP contribution in [0.15, 0.2) is 46.2 Å². The highest BCUT2D eigenvalue weighted by Gasteiger charge is 2.30. The van der Waals surface area contributed by atoms with Gasteiger partial charge in [-0.25, -0.2) is 8.42 Å². The van der Waals surface area contributed by atoms with Crippen molar-refractivity contribution in [3.63, 3.8) is 0 Å². The topological polar surface area (TPSA) is 54.4 Å². The molecule has 4 heteroatoms. The molecular weight excluding hydrogens is 248 g/mol. The Balaban J connectivity index is 2.44. The van der Waals surface area contributed by atoms with Crippen molar-refractivity contribution in [1.29, 1.82) is 0 Å². The predicted octanol–water partition coefficient (Wildman–Crippen LogP) is 2.53. The van der Waals surface area contributed by atoms with Gasteiger partial charge in [0, 0.05) is 5.92 Å². The van der Waals surface area contributed by atoms with Crippen molar-refractivity contribution < 1.29 is 13.5 Å². The number of aliphatic hydroxyl groups excluding tert-OH is 1. The molecule has 0 heterocycles. The van der Waals surface area contributed by atoms with Gasteiger partial charge in [-0.3, -0.25) is 0 Å². The first-order valence-electron chi connectivity index (χ1n) is 6.21. The van der Waals surface area contributed by atoms with Crippen molar-refractivity contribution >= 4 is 9.84 Å². The van der Waals surface area contributed by atoms with Gasteiger partial charge in [0.2, 0.25) is 9.84 Å². The Morgan fingerprint density at radius 2 is 1.89 bits per heavy atom. The van der Waals surface area contributed by atoms with E-state index in [0.717, 1.165) is 6.42 Å². The van der Waals surface area contributed by atoms with Crippen LogP contribution < -0.4 is 0 Å². The molecule has 3 nitrogen and oxygen atoms in total. The van der Waals surface area contributed by atoms with Gasteiger partial charge in [-0.2, -0.15) is 0 Å². The molecule has 1 aromatic carbocycles. The minimum Gasteiger partial charge on any atom is -0.392 e. The summed E-state index contributed by atoms with van der Waals surface area (Å²) >= 11 is 0. The Kier molecular flexibility index (Phi) is 3.88. The molecule has 0 aromatic heterocycles. The molecule has 18 heavy (non-hydrogen) atoms. The second kappa shape index (κ2) is 5.24. The van der Waals surface area contributed by atoms with Crippen LogP contribution in [0.5, 0.6) is 0 Å². The van der Waals surface area contributed by atoms with E-state index >= 15 is 0 Å². The van der Waals surface area contributed by atoms with Crippen LogP contribution in [-0.4, -0.2) is 19.6 Å². The van der Waals surface area contributed by atoms with Gasteiger partial charge in [0.15, 0.2) is 0 Å².